The second kappa shape index (κ2) is 3.70. The van der Waals surface area contributed by atoms with Crippen LogP contribution < -0.4 is 4.74 Å². The van der Waals surface area contributed by atoms with Gasteiger partial charge in [0, 0.05) is 11.5 Å². The van der Waals surface area contributed by atoms with Crippen LogP contribution in [0.1, 0.15) is 0 Å². The van der Waals surface area contributed by atoms with Gasteiger partial charge < -0.3 is 4.74 Å². The molecular weight excluding hydrogens is 200 g/mol. The molecule has 1 N–H and O–H groups in total. The lowest BCUT2D eigenvalue weighted by molar-refractivity contribution is 0.483. The van der Waals surface area contributed by atoms with Crippen LogP contribution in [-0.4, -0.2) is 10.2 Å². The molecule has 1 aromatic heterocycles. The molecule has 0 saturated carbocycles. The average molecular weight is 210 g/mol. The fraction of sp³-hybridized carbons (Fsp3) is 0. The maximum atomic E-state index is 5.71. The molecule has 78 valence electrons. The van der Waals surface area contributed by atoms with Gasteiger partial charge >= 0.3 is 0 Å². The molecule has 2 aromatic carbocycles. The molecule has 3 rings (SSSR count). The smallest absolute Gasteiger partial charge is 0.129 e. The van der Waals surface area contributed by atoms with Gasteiger partial charge in [0.25, 0.3) is 0 Å². The molecule has 1 heterocycles. The van der Waals surface area contributed by atoms with E-state index < -0.39 is 0 Å². The van der Waals surface area contributed by atoms with Crippen LogP contribution in [0.3, 0.4) is 0 Å². The predicted octanol–water partition coefficient (Wildman–Crippen LogP) is 3.36. The predicted molar refractivity (Wildman–Crippen MR) is 62.6 cm³/mol. The van der Waals surface area contributed by atoms with E-state index in [0.29, 0.717) is 0 Å². The Labute approximate surface area is 92.7 Å². The van der Waals surface area contributed by atoms with E-state index in [1.165, 1.54) is 0 Å². The summed E-state index contributed by atoms with van der Waals surface area (Å²) in [5, 5.41) is 7.97. The number of hydrogen-bond donors (Lipinski definition) is 1. The van der Waals surface area contributed by atoms with Gasteiger partial charge in [-0.15, -0.1) is 0 Å². The number of nitrogens with zero attached hydrogens (tertiary/aromatic N) is 1. The fourth-order valence-electron chi connectivity index (χ4n) is 1.60. The highest BCUT2D eigenvalue weighted by Gasteiger charge is 1.99. The van der Waals surface area contributed by atoms with E-state index in [4.69, 9.17) is 4.74 Å². The summed E-state index contributed by atoms with van der Waals surface area (Å²) in [4.78, 5) is 0. The van der Waals surface area contributed by atoms with Crippen LogP contribution in [0.4, 0.5) is 0 Å². The number of H-pyrrole nitrogens is 1. The number of aromatic amines is 1. The topological polar surface area (TPSA) is 37.9 Å². The first-order valence-corrected chi connectivity index (χ1v) is 5.08. The van der Waals surface area contributed by atoms with Crippen molar-refractivity contribution in [3.8, 4) is 11.5 Å². The fourth-order valence-corrected chi connectivity index (χ4v) is 1.60. The summed E-state index contributed by atoms with van der Waals surface area (Å²) in [6.07, 6.45) is 1.79. The summed E-state index contributed by atoms with van der Waals surface area (Å²) in [5.74, 6) is 1.64. The van der Waals surface area contributed by atoms with Gasteiger partial charge in [-0.25, -0.2) is 0 Å². The molecule has 0 atom stereocenters. The van der Waals surface area contributed by atoms with E-state index in [0.717, 1.165) is 22.4 Å². The molecule has 3 nitrogen and oxygen atoms in total. The van der Waals surface area contributed by atoms with Crippen LogP contribution in [-0.2, 0) is 0 Å². The molecule has 3 aromatic rings. The first-order valence-electron chi connectivity index (χ1n) is 5.08. The zero-order chi connectivity index (χ0) is 10.8. The third-order valence-corrected chi connectivity index (χ3v) is 2.39. The molecule has 0 saturated heterocycles. The monoisotopic (exact) mass is 210 g/mol. The molecule has 0 aliphatic heterocycles. The maximum Gasteiger partial charge on any atom is 0.129 e. The molecule has 0 amide bonds. The number of nitrogens with one attached hydrogen (secondary N) is 1. The maximum absolute atomic E-state index is 5.71. The van der Waals surface area contributed by atoms with Crippen molar-refractivity contribution in [2.45, 2.75) is 0 Å². The van der Waals surface area contributed by atoms with Gasteiger partial charge in [-0.05, 0) is 24.3 Å². The first kappa shape index (κ1) is 8.97. The molecule has 0 spiro atoms. The summed E-state index contributed by atoms with van der Waals surface area (Å²) in [6.45, 7) is 0. The van der Waals surface area contributed by atoms with E-state index in [-0.39, 0.29) is 0 Å². The molecular formula is C13H10N2O. The Morgan fingerprint density at radius 1 is 0.938 bits per heavy atom. The van der Waals surface area contributed by atoms with Gasteiger partial charge in [0.2, 0.25) is 0 Å². The number of ether oxygens (including phenoxy) is 1. The summed E-state index contributed by atoms with van der Waals surface area (Å²) >= 11 is 0. The molecule has 0 fully saturated rings. The van der Waals surface area contributed by atoms with Crippen molar-refractivity contribution >= 4 is 10.9 Å². The van der Waals surface area contributed by atoms with Crippen molar-refractivity contribution in [2.75, 3.05) is 0 Å². The first-order chi connectivity index (χ1) is 7.92. The van der Waals surface area contributed by atoms with Gasteiger partial charge in [0.1, 0.15) is 11.5 Å². The highest BCUT2D eigenvalue weighted by Crippen LogP contribution is 2.24. The molecule has 0 aliphatic carbocycles. The zero-order valence-corrected chi connectivity index (χ0v) is 8.55. The summed E-state index contributed by atoms with van der Waals surface area (Å²) in [6, 6.07) is 15.6. The van der Waals surface area contributed by atoms with Crippen molar-refractivity contribution in [2.24, 2.45) is 0 Å². The van der Waals surface area contributed by atoms with Crippen LogP contribution in [0, 0.1) is 0 Å². The zero-order valence-electron chi connectivity index (χ0n) is 8.55. The second-order valence-electron chi connectivity index (χ2n) is 3.53. The van der Waals surface area contributed by atoms with Crippen LogP contribution in [0.25, 0.3) is 10.9 Å². The Morgan fingerprint density at radius 3 is 2.69 bits per heavy atom. The van der Waals surface area contributed by atoms with E-state index in [1.807, 2.05) is 48.5 Å². The van der Waals surface area contributed by atoms with Gasteiger partial charge in [0.05, 0.1) is 11.7 Å². The number of benzene rings is 2. The van der Waals surface area contributed by atoms with Crippen molar-refractivity contribution in [1.29, 1.82) is 0 Å². The minimum atomic E-state index is 0.808. The average Bonchev–Trinajstić information content (AvgIpc) is 2.77. The number of aromatic nitrogens is 2. The number of hydrogen-bond acceptors (Lipinski definition) is 2. The summed E-state index contributed by atoms with van der Waals surface area (Å²) < 4.78 is 5.71. The van der Waals surface area contributed by atoms with Crippen molar-refractivity contribution in [1.82, 2.24) is 10.2 Å². The molecule has 3 heteroatoms. The van der Waals surface area contributed by atoms with Gasteiger partial charge in [-0.3, -0.25) is 5.10 Å². The van der Waals surface area contributed by atoms with Crippen LogP contribution in [0.5, 0.6) is 11.5 Å². The molecule has 0 unspecified atom stereocenters. The number of fused-ring (bicyclic) bond motifs is 1. The Bertz CT molecular complexity index is 601. The second-order valence-corrected chi connectivity index (χ2v) is 3.53. The van der Waals surface area contributed by atoms with E-state index in [1.54, 1.807) is 6.20 Å². The highest BCUT2D eigenvalue weighted by atomic mass is 16.5. The molecule has 0 aliphatic rings. The molecule has 0 bridgehead atoms. The lowest BCUT2D eigenvalue weighted by atomic mass is 10.2. The molecule has 0 radical (unpaired) electrons. The summed E-state index contributed by atoms with van der Waals surface area (Å²) in [7, 11) is 0. The van der Waals surface area contributed by atoms with Crippen LogP contribution >= 0.6 is 0 Å². The van der Waals surface area contributed by atoms with Crippen LogP contribution in [0.15, 0.2) is 54.7 Å². The minimum Gasteiger partial charge on any atom is -0.457 e. The Balaban J connectivity index is 1.94. The summed E-state index contributed by atoms with van der Waals surface area (Å²) in [5.41, 5.74) is 0.980. The lowest BCUT2D eigenvalue weighted by Gasteiger charge is -2.04. The quantitative estimate of drug-likeness (QED) is 0.704. The Hall–Kier alpha value is -2.29. The largest absolute Gasteiger partial charge is 0.457 e. The highest BCUT2D eigenvalue weighted by molar-refractivity contribution is 5.79. The van der Waals surface area contributed by atoms with E-state index in [9.17, 15) is 0 Å². The van der Waals surface area contributed by atoms with Crippen molar-refractivity contribution in [3.63, 3.8) is 0 Å². The third kappa shape index (κ3) is 1.63. The van der Waals surface area contributed by atoms with Crippen LogP contribution in [0.2, 0.25) is 0 Å². The van der Waals surface area contributed by atoms with Crippen molar-refractivity contribution < 1.29 is 4.74 Å². The van der Waals surface area contributed by atoms with Crippen molar-refractivity contribution in [3.05, 3.63) is 54.7 Å². The lowest BCUT2D eigenvalue weighted by Crippen LogP contribution is -1.83. The minimum absolute atomic E-state index is 0.808. The van der Waals surface area contributed by atoms with E-state index >= 15 is 0 Å². The standard InChI is InChI=1S/C13H10N2O/c1-2-4-11(5-3-1)16-12-7-6-10-9-14-15-13(10)8-12/h1-9H,(H,14,15). The van der Waals surface area contributed by atoms with Gasteiger partial charge in [0.15, 0.2) is 0 Å². The van der Waals surface area contributed by atoms with Gasteiger partial charge in [-0.1, -0.05) is 18.2 Å². The third-order valence-electron chi connectivity index (χ3n) is 2.39. The SMILES string of the molecule is c1ccc(Oc2ccc3cn[nH]c3c2)cc1. The number of rotatable bonds is 2. The van der Waals surface area contributed by atoms with E-state index in [2.05, 4.69) is 10.2 Å². The van der Waals surface area contributed by atoms with Gasteiger partial charge in [-0.2, -0.15) is 5.10 Å². The Kier molecular flexibility index (Phi) is 2.07. The Morgan fingerprint density at radius 2 is 1.81 bits per heavy atom. The molecule has 16 heavy (non-hydrogen) atoms. The normalized spacial score (nSPS) is 10.5. The number of para-hydroxylation sites is 1.